The zero-order valence-corrected chi connectivity index (χ0v) is 18.1. The first-order valence-electron chi connectivity index (χ1n) is 10.3. The van der Waals surface area contributed by atoms with Crippen LogP contribution in [0.1, 0.15) is 85.6 Å². The van der Waals surface area contributed by atoms with Gasteiger partial charge in [0.1, 0.15) is 5.82 Å². The van der Waals surface area contributed by atoms with Crippen LogP contribution in [-0.2, 0) is 5.41 Å². The smallest absolute Gasteiger partial charge is 0.123 e. The molecule has 0 aliphatic heterocycles. The number of allylic oxidation sites excluding steroid dienone is 4. The highest BCUT2D eigenvalue weighted by Crippen LogP contribution is 2.46. The molecule has 0 heterocycles. The number of hydrogen-bond acceptors (Lipinski definition) is 1. The van der Waals surface area contributed by atoms with Crippen LogP contribution in [-0.4, -0.2) is 12.2 Å². The molecule has 1 aliphatic rings. The summed E-state index contributed by atoms with van der Waals surface area (Å²) in [6, 6.07) is 7.18. The summed E-state index contributed by atoms with van der Waals surface area (Å²) in [7, 11) is 1.00. The summed E-state index contributed by atoms with van der Waals surface area (Å²) in [6.07, 6.45) is 13.8. The molecule has 150 valence electrons. The fourth-order valence-electron chi connectivity index (χ4n) is 3.55. The van der Waals surface area contributed by atoms with Crippen LogP contribution < -0.4 is 0 Å². The SMILES string of the molecule is C/C=C\C=C(/CC)C1(c2ccc(F)cc2)CCCCC1.CC.CC.CO. The van der Waals surface area contributed by atoms with E-state index < -0.39 is 0 Å². The third kappa shape index (κ3) is 7.86. The molecule has 0 atom stereocenters. The molecule has 1 saturated carbocycles. The van der Waals surface area contributed by atoms with E-state index in [1.807, 2.05) is 39.8 Å². The van der Waals surface area contributed by atoms with Crippen molar-refractivity contribution in [3.63, 3.8) is 0 Å². The van der Waals surface area contributed by atoms with Gasteiger partial charge in [-0.15, -0.1) is 0 Å². The summed E-state index contributed by atoms with van der Waals surface area (Å²) in [5, 5.41) is 7.00. The van der Waals surface area contributed by atoms with Crippen LogP contribution in [0.5, 0.6) is 0 Å². The molecule has 1 aromatic carbocycles. The van der Waals surface area contributed by atoms with Crippen molar-refractivity contribution in [2.24, 2.45) is 0 Å². The predicted molar refractivity (Wildman–Crippen MR) is 115 cm³/mol. The maximum absolute atomic E-state index is 13.2. The van der Waals surface area contributed by atoms with Crippen LogP contribution in [0, 0.1) is 5.82 Å². The average molecular weight is 365 g/mol. The summed E-state index contributed by atoms with van der Waals surface area (Å²) in [4.78, 5) is 0. The summed E-state index contributed by atoms with van der Waals surface area (Å²) in [6.45, 7) is 12.3. The highest BCUT2D eigenvalue weighted by molar-refractivity contribution is 5.38. The third-order valence-electron chi connectivity index (χ3n) is 4.59. The van der Waals surface area contributed by atoms with Gasteiger partial charge >= 0.3 is 0 Å². The van der Waals surface area contributed by atoms with E-state index in [2.05, 4.69) is 32.1 Å². The van der Waals surface area contributed by atoms with Gasteiger partial charge in [0.25, 0.3) is 0 Å². The van der Waals surface area contributed by atoms with Gasteiger partial charge < -0.3 is 5.11 Å². The van der Waals surface area contributed by atoms with Gasteiger partial charge in [0.2, 0.25) is 0 Å². The molecule has 0 saturated heterocycles. The zero-order valence-electron chi connectivity index (χ0n) is 18.1. The van der Waals surface area contributed by atoms with Crippen LogP contribution >= 0.6 is 0 Å². The lowest BCUT2D eigenvalue weighted by Gasteiger charge is -2.40. The fraction of sp³-hybridized carbons (Fsp3) is 0.583. The normalized spacial score (nSPS) is 15.7. The Balaban J connectivity index is 0. The van der Waals surface area contributed by atoms with Crippen LogP contribution in [0.25, 0.3) is 0 Å². The van der Waals surface area contributed by atoms with Gasteiger partial charge in [-0.05, 0) is 43.9 Å². The van der Waals surface area contributed by atoms with E-state index in [0.717, 1.165) is 13.5 Å². The average Bonchev–Trinajstić information content (AvgIpc) is 2.74. The topological polar surface area (TPSA) is 20.2 Å². The number of benzene rings is 1. The van der Waals surface area contributed by atoms with Gasteiger partial charge in [0.15, 0.2) is 0 Å². The fourth-order valence-corrected chi connectivity index (χ4v) is 3.55. The summed E-state index contributed by atoms with van der Waals surface area (Å²) in [5.41, 5.74) is 2.90. The Kier molecular flexibility index (Phi) is 17.6. The molecule has 1 nitrogen and oxygen atoms in total. The van der Waals surface area contributed by atoms with Crippen molar-refractivity contribution >= 4 is 0 Å². The van der Waals surface area contributed by atoms with E-state index in [-0.39, 0.29) is 11.2 Å². The first kappa shape index (κ1) is 26.8. The van der Waals surface area contributed by atoms with E-state index in [0.29, 0.717) is 0 Å². The number of aliphatic hydroxyl groups is 1. The summed E-state index contributed by atoms with van der Waals surface area (Å²) >= 11 is 0. The predicted octanol–water partition coefficient (Wildman–Crippen LogP) is 7.60. The Morgan fingerprint density at radius 2 is 1.50 bits per heavy atom. The van der Waals surface area contributed by atoms with E-state index in [4.69, 9.17) is 5.11 Å². The Labute approximate surface area is 162 Å². The molecule has 2 heteroatoms. The maximum atomic E-state index is 13.2. The van der Waals surface area contributed by atoms with Crippen molar-refractivity contribution in [2.45, 2.75) is 85.5 Å². The lowest BCUT2D eigenvalue weighted by atomic mass is 9.64. The molecule has 0 radical (unpaired) electrons. The zero-order chi connectivity index (χ0) is 20.4. The van der Waals surface area contributed by atoms with Gasteiger partial charge in [-0.3, -0.25) is 0 Å². The molecule has 2 rings (SSSR count). The molecule has 1 N–H and O–H groups in total. The third-order valence-corrected chi connectivity index (χ3v) is 4.59. The van der Waals surface area contributed by atoms with Crippen LogP contribution in [0.2, 0.25) is 0 Å². The molecule has 1 fully saturated rings. The second-order valence-corrected chi connectivity index (χ2v) is 5.72. The Morgan fingerprint density at radius 3 is 1.92 bits per heavy atom. The maximum Gasteiger partial charge on any atom is 0.123 e. The minimum atomic E-state index is -0.143. The highest BCUT2D eigenvalue weighted by Gasteiger charge is 2.36. The summed E-state index contributed by atoms with van der Waals surface area (Å²) < 4.78 is 13.2. The molecule has 1 aromatic rings. The van der Waals surface area contributed by atoms with Crippen molar-refractivity contribution in [3.05, 3.63) is 59.4 Å². The largest absolute Gasteiger partial charge is 0.400 e. The molecule has 0 aromatic heterocycles. The lowest BCUT2D eigenvalue weighted by Crippen LogP contribution is -2.31. The Morgan fingerprint density at radius 1 is 1.00 bits per heavy atom. The van der Waals surface area contributed by atoms with E-state index in [9.17, 15) is 4.39 Å². The monoisotopic (exact) mass is 364 g/mol. The second-order valence-electron chi connectivity index (χ2n) is 5.72. The molecular weight excluding hydrogens is 323 g/mol. The van der Waals surface area contributed by atoms with Crippen molar-refractivity contribution in [1.82, 2.24) is 0 Å². The number of rotatable bonds is 4. The molecule has 26 heavy (non-hydrogen) atoms. The number of aliphatic hydroxyl groups excluding tert-OH is 1. The summed E-state index contributed by atoms with van der Waals surface area (Å²) in [5.74, 6) is -0.143. The van der Waals surface area contributed by atoms with E-state index in [1.165, 1.54) is 43.2 Å². The van der Waals surface area contributed by atoms with Gasteiger partial charge in [0, 0.05) is 12.5 Å². The molecule has 0 unspecified atom stereocenters. The minimum Gasteiger partial charge on any atom is -0.400 e. The van der Waals surface area contributed by atoms with Crippen LogP contribution in [0.4, 0.5) is 4.39 Å². The van der Waals surface area contributed by atoms with Crippen LogP contribution in [0.15, 0.2) is 48.1 Å². The molecule has 0 amide bonds. The van der Waals surface area contributed by atoms with Gasteiger partial charge in [-0.25, -0.2) is 4.39 Å². The minimum absolute atomic E-state index is 0.125. The van der Waals surface area contributed by atoms with Gasteiger partial charge in [-0.2, -0.15) is 0 Å². The number of hydrogen-bond donors (Lipinski definition) is 1. The highest BCUT2D eigenvalue weighted by atomic mass is 19.1. The van der Waals surface area contributed by atoms with Crippen molar-refractivity contribution in [3.8, 4) is 0 Å². The van der Waals surface area contributed by atoms with Crippen molar-refractivity contribution < 1.29 is 9.50 Å². The first-order chi connectivity index (χ1) is 12.7. The molecular formula is C24H41FO. The Bertz CT molecular complexity index is 479. The molecule has 0 bridgehead atoms. The van der Waals surface area contributed by atoms with E-state index in [1.54, 1.807) is 12.1 Å². The Hall–Kier alpha value is -1.41. The van der Waals surface area contributed by atoms with Crippen molar-refractivity contribution in [1.29, 1.82) is 0 Å². The lowest BCUT2D eigenvalue weighted by molar-refractivity contribution is 0.333. The number of halogens is 1. The van der Waals surface area contributed by atoms with E-state index >= 15 is 0 Å². The van der Waals surface area contributed by atoms with Gasteiger partial charge in [-0.1, -0.05) is 89.8 Å². The second kappa shape index (κ2) is 17.0. The molecule has 0 spiro atoms. The standard InChI is InChI=1S/C19H25F.2C2H6.CH4O/c1-3-5-9-16(4-2)19(14-7-6-8-15-19)17-10-12-18(20)13-11-17;3*1-2/h3,5,9-13H,4,6-8,14-15H2,1-2H3;2*1-2H3;2H,1H3/b5-3-,16-9+;;;. The molecule has 1 aliphatic carbocycles. The van der Waals surface area contributed by atoms with Crippen molar-refractivity contribution in [2.75, 3.05) is 7.11 Å². The quantitative estimate of drug-likeness (QED) is 0.545. The first-order valence-corrected chi connectivity index (χ1v) is 10.3. The van der Waals surface area contributed by atoms with Crippen LogP contribution in [0.3, 0.4) is 0 Å². The van der Waals surface area contributed by atoms with Gasteiger partial charge in [0.05, 0.1) is 0 Å².